The number of anilines is 1. The van der Waals surface area contributed by atoms with Crippen LogP contribution in [0.2, 0.25) is 0 Å². The van der Waals surface area contributed by atoms with Crippen molar-refractivity contribution in [1.82, 2.24) is 0 Å². The van der Waals surface area contributed by atoms with Crippen LogP contribution in [0, 0.1) is 6.92 Å². The van der Waals surface area contributed by atoms with Crippen LogP contribution in [-0.4, -0.2) is 5.78 Å². The highest BCUT2D eigenvalue weighted by Crippen LogP contribution is 2.31. The highest BCUT2D eigenvalue weighted by Gasteiger charge is 2.23. The first-order valence-corrected chi connectivity index (χ1v) is 5.57. The number of nitrogens with two attached hydrogens (primary N) is 1. The van der Waals surface area contributed by atoms with Crippen molar-refractivity contribution in [2.45, 2.75) is 38.5 Å². The second-order valence-electron chi connectivity index (χ2n) is 4.38. The normalized spacial score (nSPS) is 21.7. The minimum absolute atomic E-state index is 0.0987. The van der Waals surface area contributed by atoms with Gasteiger partial charge in [-0.15, -0.1) is 0 Å². The smallest absolute Gasteiger partial charge is 0.140 e. The van der Waals surface area contributed by atoms with Crippen LogP contribution in [0.1, 0.15) is 42.7 Å². The zero-order chi connectivity index (χ0) is 10.8. The van der Waals surface area contributed by atoms with E-state index in [0.717, 1.165) is 42.5 Å². The minimum Gasteiger partial charge on any atom is -0.399 e. The predicted molar refractivity (Wildman–Crippen MR) is 61.8 cm³/mol. The number of rotatable bonds is 1. The Balaban J connectivity index is 2.28. The summed E-state index contributed by atoms with van der Waals surface area (Å²) in [6.07, 6.45) is 3.93. The van der Waals surface area contributed by atoms with Crippen molar-refractivity contribution in [1.29, 1.82) is 0 Å². The molecule has 1 atom stereocenters. The number of benzene rings is 1. The van der Waals surface area contributed by atoms with Gasteiger partial charge in [0, 0.05) is 18.0 Å². The van der Waals surface area contributed by atoms with Crippen LogP contribution in [0.15, 0.2) is 18.2 Å². The van der Waals surface area contributed by atoms with Gasteiger partial charge in [-0.05, 0) is 37.0 Å². The Morgan fingerprint density at radius 1 is 1.33 bits per heavy atom. The summed E-state index contributed by atoms with van der Waals surface area (Å²) in [6, 6.07) is 6.01. The molecule has 1 aliphatic carbocycles. The molecule has 0 radical (unpaired) electrons. The Morgan fingerprint density at radius 3 is 2.80 bits per heavy atom. The van der Waals surface area contributed by atoms with E-state index in [9.17, 15) is 4.79 Å². The average molecular weight is 203 g/mol. The minimum atomic E-state index is 0.0987. The molecule has 1 aromatic rings. The Bertz CT molecular complexity index is 384. The van der Waals surface area contributed by atoms with Gasteiger partial charge in [0.1, 0.15) is 5.78 Å². The van der Waals surface area contributed by atoms with Crippen molar-refractivity contribution in [2.24, 2.45) is 0 Å². The average Bonchev–Trinajstić information content (AvgIpc) is 2.23. The molecule has 1 fully saturated rings. The van der Waals surface area contributed by atoms with Gasteiger partial charge >= 0.3 is 0 Å². The molecule has 1 aromatic carbocycles. The third-order valence-electron chi connectivity index (χ3n) is 3.26. The molecule has 1 saturated carbocycles. The zero-order valence-corrected chi connectivity index (χ0v) is 9.12. The highest BCUT2D eigenvalue weighted by atomic mass is 16.1. The maximum absolute atomic E-state index is 11.8. The van der Waals surface area contributed by atoms with Crippen molar-refractivity contribution in [3.05, 3.63) is 29.3 Å². The molecule has 0 bridgehead atoms. The Labute approximate surface area is 90.5 Å². The molecule has 0 amide bonds. The Morgan fingerprint density at radius 2 is 2.13 bits per heavy atom. The summed E-state index contributed by atoms with van der Waals surface area (Å²) in [7, 11) is 0. The van der Waals surface area contributed by atoms with Crippen LogP contribution in [0.3, 0.4) is 0 Å². The summed E-state index contributed by atoms with van der Waals surface area (Å²) in [4.78, 5) is 11.8. The number of carbonyl (C=O) groups excluding carboxylic acids is 1. The van der Waals surface area contributed by atoms with Crippen LogP contribution in [0.4, 0.5) is 5.69 Å². The van der Waals surface area contributed by atoms with Crippen molar-refractivity contribution >= 4 is 11.5 Å². The van der Waals surface area contributed by atoms with E-state index in [1.165, 1.54) is 0 Å². The molecule has 2 nitrogen and oxygen atoms in total. The van der Waals surface area contributed by atoms with E-state index in [0.29, 0.717) is 5.78 Å². The molecule has 80 valence electrons. The third-order valence-corrected chi connectivity index (χ3v) is 3.26. The quantitative estimate of drug-likeness (QED) is 0.713. The number of hydrogen-bond donors (Lipinski definition) is 1. The standard InChI is InChI=1S/C13H17NO/c1-9-6-7-10(8-12(9)14)11-4-2-3-5-13(11)15/h6-8,11H,2-5,14H2,1H3. The Kier molecular flexibility index (Phi) is 2.76. The van der Waals surface area contributed by atoms with Gasteiger partial charge < -0.3 is 5.73 Å². The van der Waals surface area contributed by atoms with Crippen molar-refractivity contribution in [3.63, 3.8) is 0 Å². The van der Waals surface area contributed by atoms with Gasteiger partial charge in [-0.3, -0.25) is 4.79 Å². The summed E-state index contributed by atoms with van der Waals surface area (Å²) >= 11 is 0. The van der Waals surface area contributed by atoms with E-state index in [2.05, 4.69) is 0 Å². The van der Waals surface area contributed by atoms with Gasteiger partial charge in [-0.25, -0.2) is 0 Å². The molecule has 2 N–H and O–H groups in total. The van der Waals surface area contributed by atoms with E-state index in [1.54, 1.807) is 0 Å². The molecular weight excluding hydrogens is 186 g/mol. The van der Waals surface area contributed by atoms with Crippen molar-refractivity contribution < 1.29 is 4.79 Å². The lowest BCUT2D eigenvalue weighted by Crippen LogP contribution is -2.17. The molecule has 1 unspecified atom stereocenters. The van der Waals surface area contributed by atoms with Crippen LogP contribution in [0.25, 0.3) is 0 Å². The van der Waals surface area contributed by atoms with Crippen LogP contribution < -0.4 is 5.73 Å². The summed E-state index contributed by atoms with van der Waals surface area (Å²) < 4.78 is 0. The molecule has 0 aliphatic heterocycles. The zero-order valence-electron chi connectivity index (χ0n) is 9.12. The second kappa shape index (κ2) is 4.05. The monoisotopic (exact) mass is 203 g/mol. The number of hydrogen-bond acceptors (Lipinski definition) is 2. The SMILES string of the molecule is Cc1ccc(C2CCCCC2=O)cc1N. The van der Waals surface area contributed by atoms with Gasteiger partial charge in [0.2, 0.25) is 0 Å². The number of ketones is 1. The summed E-state index contributed by atoms with van der Waals surface area (Å²) in [5.41, 5.74) is 8.84. The molecule has 2 heteroatoms. The van der Waals surface area contributed by atoms with E-state index in [1.807, 2.05) is 25.1 Å². The van der Waals surface area contributed by atoms with Crippen LogP contribution in [0.5, 0.6) is 0 Å². The van der Waals surface area contributed by atoms with Gasteiger partial charge in [0.05, 0.1) is 0 Å². The van der Waals surface area contributed by atoms with Gasteiger partial charge in [-0.2, -0.15) is 0 Å². The Hall–Kier alpha value is -1.31. The topological polar surface area (TPSA) is 43.1 Å². The fourth-order valence-corrected chi connectivity index (χ4v) is 2.21. The van der Waals surface area contributed by atoms with E-state index < -0.39 is 0 Å². The molecule has 0 heterocycles. The van der Waals surface area contributed by atoms with Gasteiger partial charge in [-0.1, -0.05) is 18.6 Å². The maximum Gasteiger partial charge on any atom is 0.140 e. The highest BCUT2D eigenvalue weighted by molar-refractivity contribution is 5.86. The van der Waals surface area contributed by atoms with Gasteiger partial charge in [0.25, 0.3) is 0 Å². The summed E-state index contributed by atoms with van der Waals surface area (Å²) in [5, 5.41) is 0. The molecule has 2 rings (SSSR count). The number of nitrogen functional groups attached to an aromatic ring is 1. The van der Waals surface area contributed by atoms with Crippen molar-refractivity contribution in [3.8, 4) is 0 Å². The lowest BCUT2D eigenvalue weighted by atomic mass is 9.82. The molecular formula is C13H17NO. The van der Waals surface area contributed by atoms with Gasteiger partial charge in [0.15, 0.2) is 0 Å². The number of aryl methyl sites for hydroxylation is 1. The largest absolute Gasteiger partial charge is 0.399 e. The fraction of sp³-hybridized carbons (Fsp3) is 0.462. The first-order valence-electron chi connectivity index (χ1n) is 5.57. The second-order valence-corrected chi connectivity index (χ2v) is 4.38. The fourth-order valence-electron chi connectivity index (χ4n) is 2.21. The number of Topliss-reactive ketones (excluding diaryl/α,β-unsaturated/α-hetero) is 1. The summed E-state index contributed by atoms with van der Waals surface area (Å²) in [6.45, 7) is 1.99. The lowest BCUT2D eigenvalue weighted by Gasteiger charge is -2.21. The van der Waals surface area contributed by atoms with Crippen molar-refractivity contribution in [2.75, 3.05) is 5.73 Å². The number of carbonyl (C=O) groups is 1. The predicted octanol–water partition coefficient (Wildman–Crippen LogP) is 2.80. The summed E-state index contributed by atoms with van der Waals surface area (Å²) in [5.74, 6) is 0.478. The lowest BCUT2D eigenvalue weighted by molar-refractivity contribution is -0.121. The molecule has 0 aromatic heterocycles. The maximum atomic E-state index is 11.8. The van der Waals surface area contributed by atoms with Crippen LogP contribution >= 0.6 is 0 Å². The molecule has 15 heavy (non-hydrogen) atoms. The van der Waals surface area contributed by atoms with E-state index in [-0.39, 0.29) is 5.92 Å². The molecule has 0 saturated heterocycles. The third kappa shape index (κ3) is 2.04. The molecule has 0 spiro atoms. The van der Waals surface area contributed by atoms with Crippen LogP contribution in [-0.2, 0) is 4.79 Å². The molecule has 1 aliphatic rings. The van der Waals surface area contributed by atoms with E-state index in [4.69, 9.17) is 5.73 Å². The van der Waals surface area contributed by atoms with E-state index >= 15 is 0 Å². The first kappa shape index (κ1) is 10.2. The first-order chi connectivity index (χ1) is 7.18.